The van der Waals surface area contributed by atoms with Gasteiger partial charge in [-0.3, -0.25) is 9.69 Å². The van der Waals surface area contributed by atoms with Gasteiger partial charge in [0, 0.05) is 6.54 Å². The SMILES string of the molecule is O=C(c1cnc(CN2CCCC2)s1)N1CCCC(O)(CO)C1. The molecule has 2 aliphatic heterocycles. The smallest absolute Gasteiger partial charge is 0.265 e. The Kier molecular flexibility index (Phi) is 4.77. The zero-order chi connectivity index (χ0) is 15.6. The lowest BCUT2D eigenvalue weighted by Gasteiger charge is -2.37. The van der Waals surface area contributed by atoms with E-state index in [9.17, 15) is 15.0 Å². The minimum Gasteiger partial charge on any atom is -0.393 e. The van der Waals surface area contributed by atoms with Crippen molar-refractivity contribution in [3.8, 4) is 0 Å². The summed E-state index contributed by atoms with van der Waals surface area (Å²) in [5.41, 5.74) is -1.16. The lowest BCUT2D eigenvalue weighted by molar-refractivity contribution is -0.0597. The molecule has 1 aromatic heterocycles. The van der Waals surface area contributed by atoms with Gasteiger partial charge in [-0.15, -0.1) is 11.3 Å². The summed E-state index contributed by atoms with van der Waals surface area (Å²) in [5.74, 6) is -0.0863. The van der Waals surface area contributed by atoms with Crippen molar-refractivity contribution in [2.75, 3.05) is 32.8 Å². The molecule has 22 heavy (non-hydrogen) atoms. The number of amides is 1. The number of thiazole rings is 1. The number of aliphatic hydroxyl groups is 2. The molecule has 122 valence electrons. The number of hydrogen-bond acceptors (Lipinski definition) is 6. The summed E-state index contributed by atoms with van der Waals surface area (Å²) in [7, 11) is 0. The van der Waals surface area contributed by atoms with Crippen LogP contribution in [0.15, 0.2) is 6.20 Å². The van der Waals surface area contributed by atoms with E-state index in [0.717, 1.165) is 24.6 Å². The Morgan fingerprint density at radius 2 is 2.09 bits per heavy atom. The number of β-amino-alcohol motifs (C(OH)–C–C–N with tert-alkyl or cyclic N) is 1. The van der Waals surface area contributed by atoms with Gasteiger partial charge >= 0.3 is 0 Å². The molecule has 2 fully saturated rings. The topological polar surface area (TPSA) is 76.9 Å². The van der Waals surface area contributed by atoms with Crippen molar-refractivity contribution in [2.45, 2.75) is 37.8 Å². The highest BCUT2D eigenvalue weighted by Gasteiger charge is 2.35. The summed E-state index contributed by atoms with van der Waals surface area (Å²) in [4.78, 5) is 21.5. The third-order valence-electron chi connectivity index (χ3n) is 4.46. The highest BCUT2D eigenvalue weighted by molar-refractivity contribution is 7.13. The molecule has 6 nitrogen and oxygen atoms in total. The van der Waals surface area contributed by atoms with E-state index < -0.39 is 5.60 Å². The molecule has 0 spiro atoms. The molecule has 0 radical (unpaired) electrons. The van der Waals surface area contributed by atoms with E-state index in [1.807, 2.05) is 0 Å². The maximum Gasteiger partial charge on any atom is 0.265 e. The number of likely N-dealkylation sites (tertiary alicyclic amines) is 2. The molecule has 2 aliphatic rings. The molecule has 1 atom stereocenters. The van der Waals surface area contributed by atoms with Crippen molar-refractivity contribution in [2.24, 2.45) is 0 Å². The summed E-state index contributed by atoms with van der Waals surface area (Å²) in [5, 5.41) is 20.4. The number of nitrogens with zero attached hydrogens (tertiary/aromatic N) is 3. The lowest BCUT2D eigenvalue weighted by Crippen LogP contribution is -2.52. The van der Waals surface area contributed by atoms with Crippen molar-refractivity contribution in [1.82, 2.24) is 14.8 Å². The Hall–Kier alpha value is -1.02. The van der Waals surface area contributed by atoms with Crippen molar-refractivity contribution in [3.63, 3.8) is 0 Å². The molecule has 3 heterocycles. The van der Waals surface area contributed by atoms with Crippen LogP contribution < -0.4 is 0 Å². The number of rotatable bonds is 4. The molecule has 2 N–H and O–H groups in total. The van der Waals surface area contributed by atoms with E-state index in [1.165, 1.54) is 24.2 Å². The standard InChI is InChI=1S/C15H23N3O3S/c19-11-15(21)4-3-7-18(10-15)14(20)12-8-16-13(22-12)9-17-5-1-2-6-17/h8,19,21H,1-7,9-11H2. The van der Waals surface area contributed by atoms with Crippen LogP contribution in [-0.4, -0.2) is 69.3 Å². The summed E-state index contributed by atoms with van der Waals surface area (Å²) in [6, 6.07) is 0. The molecule has 1 aromatic rings. The third-order valence-corrected chi connectivity index (χ3v) is 5.43. The van der Waals surface area contributed by atoms with E-state index in [4.69, 9.17) is 0 Å². The number of hydrogen-bond donors (Lipinski definition) is 2. The molecule has 0 saturated carbocycles. The maximum atomic E-state index is 12.5. The fourth-order valence-corrected chi connectivity index (χ4v) is 4.11. The molecular weight excluding hydrogens is 302 g/mol. The van der Waals surface area contributed by atoms with Crippen LogP contribution in [0.1, 0.15) is 40.4 Å². The predicted molar refractivity (Wildman–Crippen MR) is 83.8 cm³/mol. The Morgan fingerprint density at radius 3 is 2.82 bits per heavy atom. The van der Waals surface area contributed by atoms with E-state index >= 15 is 0 Å². The monoisotopic (exact) mass is 325 g/mol. The van der Waals surface area contributed by atoms with Gasteiger partial charge < -0.3 is 15.1 Å². The highest BCUT2D eigenvalue weighted by Crippen LogP contribution is 2.24. The number of aliphatic hydroxyl groups excluding tert-OH is 1. The van der Waals surface area contributed by atoms with Crippen LogP contribution >= 0.6 is 11.3 Å². The first kappa shape index (κ1) is 15.9. The summed E-state index contributed by atoms with van der Waals surface area (Å²) < 4.78 is 0. The van der Waals surface area contributed by atoms with Crippen LogP contribution in [-0.2, 0) is 6.54 Å². The predicted octanol–water partition coefficient (Wildman–Crippen LogP) is 0.698. The maximum absolute atomic E-state index is 12.5. The van der Waals surface area contributed by atoms with Gasteiger partial charge in [-0.1, -0.05) is 0 Å². The fourth-order valence-electron chi connectivity index (χ4n) is 3.18. The van der Waals surface area contributed by atoms with E-state index in [2.05, 4.69) is 9.88 Å². The average Bonchev–Trinajstić information content (AvgIpc) is 3.19. The van der Waals surface area contributed by atoms with E-state index in [1.54, 1.807) is 11.1 Å². The van der Waals surface area contributed by atoms with E-state index in [0.29, 0.717) is 24.3 Å². The Labute approximate surface area is 134 Å². The highest BCUT2D eigenvalue weighted by atomic mass is 32.1. The second kappa shape index (κ2) is 6.62. The van der Waals surface area contributed by atoms with Crippen molar-refractivity contribution in [1.29, 1.82) is 0 Å². The summed E-state index contributed by atoms with van der Waals surface area (Å²) in [6.07, 6.45) is 5.37. The van der Waals surface area contributed by atoms with Crippen molar-refractivity contribution < 1.29 is 15.0 Å². The average molecular weight is 325 g/mol. The lowest BCUT2D eigenvalue weighted by atomic mass is 9.94. The number of piperidine rings is 1. The molecule has 0 aromatic carbocycles. The van der Waals surface area contributed by atoms with Crippen LogP contribution in [0.2, 0.25) is 0 Å². The van der Waals surface area contributed by atoms with Crippen LogP contribution in [0.3, 0.4) is 0 Å². The summed E-state index contributed by atoms with van der Waals surface area (Å²) in [6.45, 7) is 3.55. The molecule has 0 aliphatic carbocycles. The van der Waals surface area contributed by atoms with Gasteiger partial charge in [0.15, 0.2) is 0 Å². The number of aromatic nitrogens is 1. The fraction of sp³-hybridized carbons (Fsp3) is 0.733. The minimum absolute atomic E-state index is 0.0863. The molecule has 7 heteroatoms. The zero-order valence-electron chi connectivity index (χ0n) is 12.7. The minimum atomic E-state index is -1.16. The van der Waals surface area contributed by atoms with Gasteiger partial charge in [-0.05, 0) is 38.8 Å². The molecule has 3 rings (SSSR count). The molecule has 1 unspecified atom stereocenters. The van der Waals surface area contributed by atoms with Gasteiger partial charge in [0.2, 0.25) is 0 Å². The Balaban J connectivity index is 1.63. The first-order chi connectivity index (χ1) is 10.6. The van der Waals surface area contributed by atoms with Crippen LogP contribution in [0.25, 0.3) is 0 Å². The molecular formula is C15H23N3O3S. The van der Waals surface area contributed by atoms with Crippen molar-refractivity contribution in [3.05, 3.63) is 16.1 Å². The van der Waals surface area contributed by atoms with Crippen LogP contribution in [0.4, 0.5) is 0 Å². The number of carbonyl (C=O) groups excluding carboxylic acids is 1. The Bertz CT molecular complexity index is 530. The van der Waals surface area contributed by atoms with E-state index in [-0.39, 0.29) is 19.1 Å². The quantitative estimate of drug-likeness (QED) is 0.852. The first-order valence-electron chi connectivity index (χ1n) is 7.89. The van der Waals surface area contributed by atoms with Crippen LogP contribution in [0, 0.1) is 0 Å². The van der Waals surface area contributed by atoms with Gasteiger partial charge in [0.25, 0.3) is 5.91 Å². The van der Waals surface area contributed by atoms with Gasteiger partial charge in [-0.25, -0.2) is 4.98 Å². The first-order valence-corrected chi connectivity index (χ1v) is 8.71. The number of carbonyl (C=O) groups is 1. The van der Waals surface area contributed by atoms with Gasteiger partial charge in [0.05, 0.1) is 25.9 Å². The largest absolute Gasteiger partial charge is 0.393 e. The molecule has 2 saturated heterocycles. The van der Waals surface area contributed by atoms with Gasteiger partial charge in [-0.2, -0.15) is 0 Å². The third kappa shape index (κ3) is 3.48. The van der Waals surface area contributed by atoms with Crippen molar-refractivity contribution >= 4 is 17.2 Å². The summed E-state index contributed by atoms with van der Waals surface area (Å²) >= 11 is 1.44. The second-order valence-electron chi connectivity index (χ2n) is 6.31. The van der Waals surface area contributed by atoms with Gasteiger partial charge in [0.1, 0.15) is 15.5 Å². The molecule has 0 bridgehead atoms. The normalized spacial score (nSPS) is 26.5. The zero-order valence-corrected chi connectivity index (χ0v) is 13.5. The van der Waals surface area contributed by atoms with Crippen LogP contribution in [0.5, 0.6) is 0 Å². The Morgan fingerprint density at radius 1 is 1.32 bits per heavy atom. The molecule has 1 amide bonds. The second-order valence-corrected chi connectivity index (χ2v) is 7.43.